The highest BCUT2D eigenvalue weighted by molar-refractivity contribution is 6.31. The molecule has 0 bridgehead atoms. The third-order valence-corrected chi connectivity index (χ3v) is 5.13. The number of aryl methyl sites for hydroxylation is 1. The molecule has 1 aromatic heterocycles. The highest BCUT2D eigenvalue weighted by Crippen LogP contribution is 2.37. The van der Waals surface area contributed by atoms with E-state index in [0.717, 1.165) is 35.6 Å². The van der Waals surface area contributed by atoms with E-state index in [2.05, 4.69) is 14.9 Å². The van der Waals surface area contributed by atoms with Gasteiger partial charge in [-0.05, 0) is 31.0 Å². The number of carbonyl (C=O) groups excluding carboxylic acids is 1. The van der Waals surface area contributed by atoms with Crippen LogP contribution in [0.25, 0.3) is 0 Å². The zero-order valence-corrected chi connectivity index (χ0v) is 15.8. The van der Waals surface area contributed by atoms with Gasteiger partial charge in [0.2, 0.25) is 5.95 Å². The maximum Gasteiger partial charge on any atom is 0.222 e. The topological polar surface area (TPSA) is 90.6 Å². The van der Waals surface area contributed by atoms with E-state index >= 15 is 0 Å². The Bertz CT molecular complexity index is 869. The fourth-order valence-corrected chi connectivity index (χ4v) is 3.88. The van der Waals surface area contributed by atoms with E-state index in [1.165, 1.54) is 0 Å². The summed E-state index contributed by atoms with van der Waals surface area (Å²) in [4.78, 5) is 22.5. The van der Waals surface area contributed by atoms with Crippen LogP contribution in [0.15, 0.2) is 18.2 Å². The first-order chi connectivity index (χ1) is 13.0. The van der Waals surface area contributed by atoms with Crippen LogP contribution in [0.1, 0.15) is 29.3 Å². The Hall–Kier alpha value is -2.38. The number of benzene rings is 1. The number of Topliss-reactive ketones (excluding diaryl/α,β-unsaturated/α-hetero) is 1. The SMILES string of the molecule is Cc1cc(N2CCCOC[C@H]2c2cc3c(cc2Cl)OCC(=O)C3)nc(N)n1. The van der Waals surface area contributed by atoms with Crippen molar-refractivity contribution in [1.82, 2.24) is 9.97 Å². The fraction of sp³-hybridized carbons (Fsp3) is 0.421. The van der Waals surface area contributed by atoms with Crippen LogP contribution in [0.4, 0.5) is 11.8 Å². The first-order valence-corrected chi connectivity index (χ1v) is 9.31. The monoisotopic (exact) mass is 388 g/mol. The van der Waals surface area contributed by atoms with Crippen molar-refractivity contribution in [3.05, 3.63) is 40.0 Å². The molecule has 8 heteroatoms. The van der Waals surface area contributed by atoms with Crippen LogP contribution in [-0.4, -0.2) is 42.1 Å². The summed E-state index contributed by atoms with van der Waals surface area (Å²) >= 11 is 6.59. The molecule has 142 valence electrons. The molecule has 0 radical (unpaired) electrons. The minimum Gasteiger partial charge on any atom is -0.485 e. The van der Waals surface area contributed by atoms with Crippen molar-refractivity contribution in [2.75, 3.05) is 37.0 Å². The standard InChI is InChI=1S/C19H21ClN4O3/c1-11-5-18(23-19(21)22-11)24-3-2-4-26-10-16(24)14-7-12-6-13(25)9-27-17(12)8-15(14)20/h5,7-8,16H,2-4,6,9-10H2,1H3,(H2,21,22,23)/t16-/m0/s1. The number of fused-ring (bicyclic) bond motifs is 1. The van der Waals surface area contributed by atoms with Gasteiger partial charge in [0.05, 0.1) is 12.6 Å². The molecule has 3 heterocycles. The molecular weight excluding hydrogens is 368 g/mol. The van der Waals surface area contributed by atoms with Crippen molar-refractivity contribution in [2.24, 2.45) is 0 Å². The first-order valence-electron chi connectivity index (χ1n) is 8.93. The fourth-order valence-electron chi connectivity index (χ4n) is 3.60. The van der Waals surface area contributed by atoms with E-state index in [0.29, 0.717) is 30.4 Å². The van der Waals surface area contributed by atoms with Gasteiger partial charge in [-0.1, -0.05) is 11.6 Å². The van der Waals surface area contributed by atoms with Gasteiger partial charge in [0.1, 0.15) is 18.2 Å². The zero-order chi connectivity index (χ0) is 19.0. The van der Waals surface area contributed by atoms with Gasteiger partial charge in [-0.15, -0.1) is 0 Å². The highest BCUT2D eigenvalue weighted by atomic mass is 35.5. The molecule has 2 aliphatic heterocycles. The number of aromatic nitrogens is 2. The van der Waals surface area contributed by atoms with Crippen molar-refractivity contribution >= 4 is 29.2 Å². The molecule has 27 heavy (non-hydrogen) atoms. The Morgan fingerprint density at radius 2 is 2.15 bits per heavy atom. The molecule has 0 aliphatic carbocycles. The predicted molar refractivity (Wildman–Crippen MR) is 102 cm³/mol. The van der Waals surface area contributed by atoms with Gasteiger partial charge in [-0.2, -0.15) is 4.98 Å². The van der Waals surface area contributed by atoms with Crippen LogP contribution < -0.4 is 15.4 Å². The van der Waals surface area contributed by atoms with E-state index in [9.17, 15) is 4.79 Å². The number of anilines is 2. The van der Waals surface area contributed by atoms with Crippen molar-refractivity contribution in [3.8, 4) is 5.75 Å². The van der Waals surface area contributed by atoms with Crippen molar-refractivity contribution in [1.29, 1.82) is 0 Å². The van der Waals surface area contributed by atoms with Gasteiger partial charge in [0.25, 0.3) is 0 Å². The van der Waals surface area contributed by atoms with Crippen LogP contribution in [-0.2, 0) is 16.0 Å². The van der Waals surface area contributed by atoms with Gasteiger partial charge >= 0.3 is 0 Å². The van der Waals surface area contributed by atoms with Crippen LogP contribution in [0.5, 0.6) is 5.75 Å². The maximum absolute atomic E-state index is 11.8. The minimum absolute atomic E-state index is 0.0592. The number of ether oxygens (including phenoxy) is 2. The second-order valence-electron chi connectivity index (χ2n) is 6.85. The molecule has 0 unspecified atom stereocenters. The normalized spacial score (nSPS) is 20.0. The largest absolute Gasteiger partial charge is 0.485 e. The van der Waals surface area contributed by atoms with Crippen molar-refractivity contribution in [3.63, 3.8) is 0 Å². The average molecular weight is 389 g/mol. The molecule has 4 rings (SSSR count). The molecular formula is C19H21ClN4O3. The number of halogens is 1. The third-order valence-electron chi connectivity index (χ3n) is 4.81. The summed E-state index contributed by atoms with van der Waals surface area (Å²) in [6, 6.07) is 5.52. The van der Waals surface area contributed by atoms with Crippen molar-refractivity contribution < 1.29 is 14.3 Å². The second-order valence-corrected chi connectivity index (χ2v) is 7.26. The molecule has 1 saturated heterocycles. The third kappa shape index (κ3) is 3.70. The van der Waals surface area contributed by atoms with E-state index in [1.54, 1.807) is 6.07 Å². The quantitative estimate of drug-likeness (QED) is 0.845. The van der Waals surface area contributed by atoms with Crippen LogP contribution >= 0.6 is 11.6 Å². The Morgan fingerprint density at radius 3 is 2.96 bits per heavy atom. The Labute approximate surface area is 162 Å². The first kappa shape index (κ1) is 18.0. The molecule has 7 nitrogen and oxygen atoms in total. The Kier molecular flexibility index (Phi) is 4.88. The molecule has 1 atom stereocenters. The van der Waals surface area contributed by atoms with Crippen LogP contribution in [0.2, 0.25) is 5.02 Å². The van der Waals surface area contributed by atoms with E-state index in [-0.39, 0.29) is 24.4 Å². The van der Waals surface area contributed by atoms with Gasteiger partial charge in [-0.25, -0.2) is 4.98 Å². The molecule has 0 saturated carbocycles. The lowest BCUT2D eigenvalue weighted by Gasteiger charge is -2.32. The number of nitrogens with zero attached hydrogens (tertiary/aromatic N) is 3. The van der Waals surface area contributed by atoms with E-state index < -0.39 is 0 Å². The molecule has 2 aromatic rings. The zero-order valence-electron chi connectivity index (χ0n) is 15.1. The summed E-state index contributed by atoms with van der Waals surface area (Å²) in [6.07, 6.45) is 1.22. The summed E-state index contributed by atoms with van der Waals surface area (Å²) in [6.45, 7) is 3.87. The number of hydrogen-bond donors (Lipinski definition) is 1. The number of hydrogen-bond acceptors (Lipinski definition) is 7. The summed E-state index contributed by atoms with van der Waals surface area (Å²) in [5.41, 5.74) is 8.42. The number of ketones is 1. The molecule has 2 aliphatic rings. The average Bonchev–Trinajstić information content (AvgIpc) is 2.86. The van der Waals surface area contributed by atoms with Gasteiger partial charge < -0.3 is 20.1 Å². The second kappa shape index (κ2) is 7.32. The molecule has 0 spiro atoms. The number of nitrogen functional groups attached to an aromatic ring is 1. The lowest BCUT2D eigenvalue weighted by molar-refractivity contribution is -0.121. The highest BCUT2D eigenvalue weighted by Gasteiger charge is 2.29. The molecule has 2 N–H and O–H groups in total. The van der Waals surface area contributed by atoms with Gasteiger partial charge in [0, 0.05) is 41.9 Å². The summed E-state index contributed by atoms with van der Waals surface area (Å²) in [7, 11) is 0. The number of nitrogens with two attached hydrogens (primary N) is 1. The van der Waals surface area contributed by atoms with Gasteiger partial charge in [0.15, 0.2) is 5.78 Å². The predicted octanol–water partition coefficient (Wildman–Crippen LogP) is 2.49. The number of carbonyl (C=O) groups is 1. The summed E-state index contributed by atoms with van der Waals surface area (Å²) in [5, 5.41) is 0.586. The molecule has 1 aromatic carbocycles. The number of rotatable bonds is 2. The van der Waals surface area contributed by atoms with Gasteiger partial charge in [-0.3, -0.25) is 4.79 Å². The van der Waals surface area contributed by atoms with E-state index in [4.69, 9.17) is 26.8 Å². The summed E-state index contributed by atoms with van der Waals surface area (Å²) < 4.78 is 11.3. The molecule has 1 fully saturated rings. The maximum atomic E-state index is 11.8. The summed E-state index contributed by atoms with van der Waals surface area (Å²) in [5.74, 6) is 1.72. The Morgan fingerprint density at radius 1 is 1.30 bits per heavy atom. The van der Waals surface area contributed by atoms with Crippen LogP contribution in [0, 0.1) is 6.92 Å². The minimum atomic E-state index is -0.143. The smallest absolute Gasteiger partial charge is 0.222 e. The lowest BCUT2D eigenvalue weighted by Crippen LogP contribution is -2.32. The van der Waals surface area contributed by atoms with E-state index in [1.807, 2.05) is 19.1 Å². The van der Waals surface area contributed by atoms with Crippen molar-refractivity contribution in [2.45, 2.75) is 25.8 Å². The van der Waals surface area contributed by atoms with Crippen LogP contribution in [0.3, 0.4) is 0 Å². The molecule has 0 amide bonds. The lowest BCUT2D eigenvalue weighted by atomic mass is 9.98. The Balaban J connectivity index is 1.77.